The largest absolute Gasteiger partial charge is 0.464 e. The van der Waals surface area contributed by atoms with Crippen LogP contribution in [0, 0.1) is 0 Å². The van der Waals surface area contributed by atoms with Gasteiger partial charge in [0.15, 0.2) is 0 Å². The fraction of sp³-hybridized carbons (Fsp3) is 0.143. The number of nitrogens with zero attached hydrogens (tertiary/aromatic N) is 3. The molecule has 2 aliphatic rings. The molecule has 4 nitrogen and oxygen atoms in total. The van der Waals surface area contributed by atoms with Crippen molar-refractivity contribution in [1.29, 1.82) is 0 Å². The maximum atomic E-state index is 6.31. The molecule has 3 aromatic rings. The molecule has 0 radical (unpaired) electrons. The average Bonchev–Trinajstić information content (AvgIpc) is 3.14. The number of hydrogen-bond donors (Lipinski definition) is 0. The molecule has 5 rings (SSSR count). The van der Waals surface area contributed by atoms with Gasteiger partial charge in [-0.2, -0.15) is 5.10 Å². The number of hydrogen-bond acceptors (Lipinski definition) is 4. The number of hydrazone groups is 1. The van der Waals surface area contributed by atoms with Gasteiger partial charge in [-0.3, -0.25) is 4.98 Å². The molecule has 0 spiro atoms. The van der Waals surface area contributed by atoms with E-state index in [4.69, 9.17) is 9.84 Å². The molecule has 122 valence electrons. The van der Waals surface area contributed by atoms with Crippen LogP contribution in [-0.2, 0) is 0 Å². The Balaban J connectivity index is 1.61. The Hall–Kier alpha value is -3.14. The van der Waals surface area contributed by atoms with Crippen molar-refractivity contribution in [1.82, 2.24) is 9.99 Å². The molecule has 25 heavy (non-hydrogen) atoms. The molecule has 0 fully saturated rings. The number of ether oxygens (including phenoxy) is 1. The minimum absolute atomic E-state index is 0.193. The number of fused-ring (bicyclic) bond motifs is 3. The van der Waals surface area contributed by atoms with Gasteiger partial charge < -0.3 is 4.74 Å². The Morgan fingerprint density at radius 1 is 0.880 bits per heavy atom. The minimum atomic E-state index is -0.232. The van der Waals surface area contributed by atoms with Gasteiger partial charge in [-0.05, 0) is 23.8 Å². The predicted octanol–water partition coefficient (Wildman–Crippen LogP) is 4.32. The van der Waals surface area contributed by atoms with Crippen molar-refractivity contribution in [2.24, 2.45) is 5.10 Å². The highest BCUT2D eigenvalue weighted by molar-refractivity contribution is 6.01. The lowest BCUT2D eigenvalue weighted by atomic mass is 9.96. The smallest absolute Gasteiger partial charge is 0.213 e. The second kappa shape index (κ2) is 5.74. The summed E-state index contributed by atoms with van der Waals surface area (Å²) in [4.78, 5) is 4.12. The van der Waals surface area contributed by atoms with Crippen LogP contribution in [0.2, 0.25) is 0 Å². The molecule has 2 aliphatic heterocycles. The van der Waals surface area contributed by atoms with Crippen LogP contribution in [0.1, 0.15) is 35.4 Å². The molecule has 4 heteroatoms. The Bertz CT molecular complexity index is 924. The van der Waals surface area contributed by atoms with Crippen LogP contribution >= 0.6 is 0 Å². The summed E-state index contributed by atoms with van der Waals surface area (Å²) in [5.74, 6) is 0.940. The van der Waals surface area contributed by atoms with Gasteiger partial charge in [-0.1, -0.05) is 48.5 Å². The maximum Gasteiger partial charge on any atom is 0.213 e. The van der Waals surface area contributed by atoms with E-state index in [9.17, 15) is 0 Å². The van der Waals surface area contributed by atoms with Crippen molar-refractivity contribution in [3.63, 3.8) is 0 Å². The van der Waals surface area contributed by atoms with Crippen LogP contribution in [0.3, 0.4) is 0 Å². The lowest BCUT2D eigenvalue weighted by molar-refractivity contribution is -0.0190. The van der Waals surface area contributed by atoms with Crippen LogP contribution in [0.4, 0.5) is 0 Å². The molecule has 0 saturated heterocycles. The fourth-order valence-corrected chi connectivity index (χ4v) is 3.59. The van der Waals surface area contributed by atoms with Gasteiger partial charge >= 0.3 is 0 Å². The van der Waals surface area contributed by atoms with Gasteiger partial charge in [0.05, 0.1) is 11.8 Å². The van der Waals surface area contributed by atoms with Crippen LogP contribution in [0.5, 0.6) is 5.75 Å². The molecular weight excluding hydrogens is 310 g/mol. The molecule has 0 saturated carbocycles. The summed E-state index contributed by atoms with van der Waals surface area (Å²) in [6.07, 6.45) is 4.24. The molecule has 0 bridgehead atoms. The first-order valence-electron chi connectivity index (χ1n) is 8.47. The highest BCUT2D eigenvalue weighted by atomic mass is 16.5. The van der Waals surface area contributed by atoms with E-state index in [2.05, 4.69) is 46.4 Å². The molecule has 0 N–H and O–H groups in total. The first-order chi connectivity index (χ1) is 12.4. The van der Waals surface area contributed by atoms with Gasteiger partial charge in [0, 0.05) is 29.9 Å². The fourth-order valence-electron chi connectivity index (χ4n) is 3.59. The topological polar surface area (TPSA) is 37.7 Å². The van der Waals surface area contributed by atoms with Crippen molar-refractivity contribution >= 4 is 5.71 Å². The first-order valence-corrected chi connectivity index (χ1v) is 8.47. The Kier molecular flexibility index (Phi) is 3.27. The molecule has 2 atom stereocenters. The first kappa shape index (κ1) is 14.2. The molecule has 2 aromatic carbocycles. The zero-order chi connectivity index (χ0) is 16.6. The Morgan fingerprint density at radius 2 is 1.64 bits per heavy atom. The van der Waals surface area contributed by atoms with Gasteiger partial charge in [0.2, 0.25) is 6.23 Å². The second-order valence-electron chi connectivity index (χ2n) is 6.30. The minimum Gasteiger partial charge on any atom is -0.464 e. The van der Waals surface area contributed by atoms with E-state index >= 15 is 0 Å². The lowest BCUT2D eigenvalue weighted by Crippen LogP contribution is -2.33. The molecule has 0 amide bonds. The van der Waals surface area contributed by atoms with Crippen molar-refractivity contribution in [3.8, 4) is 5.75 Å². The van der Waals surface area contributed by atoms with E-state index in [1.54, 1.807) is 12.4 Å². The summed E-state index contributed by atoms with van der Waals surface area (Å²) in [6.45, 7) is 0. The summed E-state index contributed by atoms with van der Waals surface area (Å²) < 4.78 is 6.31. The van der Waals surface area contributed by atoms with E-state index in [1.165, 1.54) is 11.1 Å². The number of benzene rings is 2. The second-order valence-corrected chi connectivity index (χ2v) is 6.30. The maximum absolute atomic E-state index is 6.31. The Morgan fingerprint density at radius 3 is 2.48 bits per heavy atom. The number of para-hydroxylation sites is 1. The lowest BCUT2D eigenvalue weighted by Gasteiger charge is -2.38. The van der Waals surface area contributed by atoms with Gasteiger partial charge in [-0.15, -0.1) is 0 Å². The van der Waals surface area contributed by atoms with E-state index < -0.39 is 0 Å². The summed E-state index contributed by atoms with van der Waals surface area (Å²) in [5.41, 5.74) is 4.53. The van der Waals surface area contributed by atoms with Crippen molar-refractivity contribution in [2.75, 3.05) is 0 Å². The van der Waals surface area contributed by atoms with E-state index in [1.807, 2.05) is 30.3 Å². The number of rotatable bonds is 2. The standard InChI is InChI=1S/C21H17N3O/c1-2-6-15(7-3-1)18-14-19-17-8-4-5-9-20(17)25-21(24(19)23-18)16-10-12-22-13-11-16/h1-13,19,21H,14H2/t19-,21-/m1/s1. The van der Waals surface area contributed by atoms with Crippen LogP contribution in [0.25, 0.3) is 0 Å². The van der Waals surface area contributed by atoms with Crippen LogP contribution in [-0.4, -0.2) is 15.7 Å². The van der Waals surface area contributed by atoms with E-state index in [0.29, 0.717) is 0 Å². The Labute approximate surface area is 146 Å². The molecule has 3 heterocycles. The molecule has 0 aliphatic carbocycles. The van der Waals surface area contributed by atoms with Gasteiger partial charge in [0.25, 0.3) is 0 Å². The third kappa shape index (κ3) is 2.38. The van der Waals surface area contributed by atoms with Crippen molar-refractivity contribution in [2.45, 2.75) is 18.7 Å². The number of aromatic nitrogens is 1. The normalized spacial score (nSPS) is 21.1. The monoisotopic (exact) mass is 327 g/mol. The SMILES string of the molecule is c1ccc(C2=NN3[C@H](C2)c2ccccc2O[C@@H]3c2ccncc2)cc1. The van der Waals surface area contributed by atoms with Crippen molar-refractivity contribution < 1.29 is 4.74 Å². The molecule has 0 unspecified atom stereocenters. The van der Waals surface area contributed by atoms with Gasteiger partial charge in [-0.25, -0.2) is 5.01 Å². The summed E-state index contributed by atoms with van der Waals surface area (Å²) in [6, 6.07) is 22.8. The quantitative estimate of drug-likeness (QED) is 0.703. The zero-order valence-corrected chi connectivity index (χ0v) is 13.6. The summed E-state index contributed by atoms with van der Waals surface area (Å²) in [5, 5.41) is 7.04. The van der Waals surface area contributed by atoms with E-state index in [0.717, 1.165) is 23.4 Å². The third-order valence-corrected chi connectivity index (χ3v) is 4.80. The van der Waals surface area contributed by atoms with E-state index in [-0.39, 0.29) is 12.3 Å². The van der Waals surface area contributed by atoms with Crippen LogP contribution < -0.4 is 4.74 Å². The zero-order valence-electron chi connectivity index (χ0n) is 13.6. The highest BCUT2D eigenvalue weighted by Gasteiger charge is 2.40. The predicted molar refractivity (Wildman–Crippen MR) is 96.2 cm³/mol. The summed E-state index contributed by atoms with van der Waals surface area (Å²) >= 11 is 0. The summed E-state index contributed by atoms with van der Waals surface area (Å²) in [7, 11) is 0. The molecule has 1 aromatic heterocycles. The average molecular weight is 327 g/mol. The van der Waals surface area contributed by atoms with Gasteiger partial charge in [0.1, 0.15) is 5.75 Å². The molecular formula is C21H17N3O. The third-order valence-electron chi connectivity index (χ3n) is 4.80. The van der Waals surface area contributed by atoms with Crippen molar-refractivity contribution in [3.05, 3.63) is 95.8 Å². The highest BCUT2D eigenvalue weighted by Crippen LogP contribution is 2.47. The van der Waals surface area contributed by atoms with Crippen LogP contribution in [0.15, 0.2) is 84.2 Å². The number of pyridine rings is 1.